The highest BCUT2D eigenvalue weighted by molar-refractivity contribution is 6.34. The molecule has 5 heteroatoms. The molecule has 1 fully saturated rings. The van der Waals surface area contributed by atoms with Crippen molar-refractivity contribution in [2.75, 3.05) is 19.8 Å². The molecule has 0 radical (unpaired) electrons. The average molecular weight is 321 g/mol. The molecule has 2 atom stereocenters. The van der Waals surface area contributed by atoms with Crippen LogP contribution in [0.15, 0.2) is 24.3 Å². The molecule has 1 aromatic rings. The molecule has 0 bridgehead atoms. The minimum absolute atomic E-state index is 0.0516. The van der Waals surface area contributed by atoms with Crippen LogP contribution in [0.2, 0.25) is 0 Å². The van der Waals surface area contributed by atoms with Gasteiger partial charge in [-0.3, -0.25) is 4.79 Å². The highest BCUT2D eigenvalue weighted by Gasteiger charge is 2.61. The molecule has 1 saturated heterocycles. The number of alkyl halides is 1. The highest BCUT2D eigenvalue weighted by Crippen LogP contribution is 2.50. The van der Waals surface area contributed by atoms with Gasteiger partial charge in [0.2, 0.25) is 5.91 Å². The second kappa shape index (κ2) is 6.68. The Bertz CT molecular complexity index is 579. The van der Waals surface area contributed by atoms with Crippen molar-refractivity contribution in [3.05, 3.63) is 41.2 Å². The lowest BCUT2D eigenvalue weighted by Gasteiger charge is -2.58. The number of carbonyl (C=O) groups is 1. The number of carbonyl (C=O) groups excluding carboxylic acids is 1. The Balaban J connectivity index is 2.36. The molecule has 0 aromatic heterocycles. The van der Waals surface area contributed by atoms with Gasteiger partial charge in [0.25, 0.3) is 0 Å². The lowest BCUT2D eigenvalue weighted by Crippen LogP contribution is -2.72. The summed E-state index contributed by atoms with van der Waals surface area (Å²) in [5.74, 6) is 0.109. The van der Waals surface area contributed by atoms with Crippen LogP contribution in [0.5, 0.6) is 0 Å². The molecule has 0 N–H and O–H groups in total. The summed E-state index contributed by atoms with van der Waals surface area (Å²) < 4.78 is 5.39. The number of hydrogen-bond donors (Lipinski definition) is 0. The largest absolute Gasteiger partial charge is 0.380 e. The average Bonchev–Trinajstić information content (AvgIpc) is 2.53. The minimum atomic E-state index is -0.576. The Morgan fingerprint density at radius 1 is 1.41 bits per heavy atom. The summed E-state index contributed by atoms with van der Waals surface area (Å²) in [5, 5.41) is -0.576. The van der Waals surface area contributed by atoms with Gasteiger partial charge in [0, 0.05) is 13.2 Å². The van der Waals surface area contributed by atoms with Gasteiger partial charge in [0.15, 0.2) is 5.69 Å². The predicted molar refractivity (Wildman–Crippen MR) is 87.1 cm³/mol. The van der Waals surface area contributed by atoms with Crippen molar-refractivity contribution in [2.45, 2.75) is 31.7 Å². The third kappa shape index (κ3) is 2.49. The smallest absolute Gasteiger partial charge is 0.244 e. The number of halogens is 1. The summed E-state index contributed by atoms with van der Waals surface area (Å²) in [7, 11) is 0. The molecular formula is C17H21ClN2O2. The van der Waals surface area contributed by atoms with E-state index < -0.39 is 10.9 Å². The molecule has 0 spiro atoms. The molecule has 2 rings (SSSR count). The van der Waals surface area contributed by atoms with Gasteiger partial charge in [-0.2, -0.15) is 0 Å². The molecule has 1 aromatic carbocycles. The van der Waals surface area contributed by atoms with E-state index in [0.717, 1.165) is 5.56 Å². The van der Waals surface area contributed by atoms with Crippen LogP contribution in [-0.2, 0) is 15.1 Å². The van der Waals surface area contributed by atoms with E-state index >= 15 is 0 Å². The molecule has 0 aliphatic carbocycles. The Labute approximate surface area is 136 Å². The Kier molecular flexibility index (Phi) is 5.10. The van der Waals surface area contributed by atoms with E-state index in [-0.39, 0.29) is 11.8 Å². The van der Waals surface area contributed by atoms with Crippen LogP contribution in [0.1, 0.15) is 26.3 Å². The quantitative estimate of drug-likeness (QED) is 0.347. The maximum Gasteiger partial charge on any atom is 0.244 e. The maximum absolute atomic E-state index is 12.3. The normalized spacial score (nSPS) is 24.3. The fourth-order valence-electron chi connectivity index (χ4n) is 3.22. The Morgan fingerprint density at radius 2 is 2.05 bits per heavy atom. The van der Waals surface area contributed by atoms with Crippen molar-refractivity contribution in [1.82, 2.24) is 4.90 Å². The van der Waals surface area contributed by atoms with E-state index in [1.807, 2.05) is 24.0 Å². The van der Waals surface area contributed by atoms with E-state index in [9.17, 15) is 4.79 Å². The lowest BCUT2D eigenvalue weighted by molar-refractivity contribution is -0.163. The van der Waals surface area contributed by atoms with Crippen LogP contribution in [-0.4, -0.2) is 35.9 Å². The van der Waals surface area contributed by atoms with E-state index in [2.05, 4.69) is 18.7 Å². The first kappa shape index (κ1) is 16.8. The molecule has 0 saturated carbocycles. The van der Waals surface area contributed by atoms with Gasteiger partial charge in [0.05, 0.1) is 18.7 Å². The molecule has 1 amide bonds. The first-order chi connectivity index (χ1) is 10.5. The van der Waals surface area contributed by atoms with Crippen LogP contribution < -0.4 is 0 Å². The second-order valence-electron chi connectivity index (χ2n) is 5.69. The fourth-order valence-corrected chi connectivity index (χ4v) is 3.83. The molecule has 1 heterocycles. The van der Waals surface area contributed by atoms with Crippen LogP contribution in [0, 0.1) is 12.5 Å². The molecule has 1 aliphatic rings. The maximum atomic E-state index is 12.3. The molecule has 22 heavy (non-hydrogen) atoms. The SMILES string of the molecule is [C-]#[N+]c1ccc(C2(C(C)C)C(Cl)C(=O)N2CCOCC)cc1. The van der Waals surface area contributed by atoms with Crippen molar-refractivity contribution >= 4 is 23.2 Å². The molecule has 4 nitrogen and oxygen atoms in total. The minimum Gasteiger partial charge on any atom is -0.380 e. The summed E-state index contributed by atoms with van der Waals surface area (Å²) in [6, 6.07) is 7.37. The van der Waals surface area contributed by atoms with Crippen LogP contribution in [0.25, 0.3) is 4.85 Å². The summed E-state index contributed by atoms with van der Waals surface area (Å²) in [6.07, 6.45) is 0. The van der Waals surface area contributed by atoms with Crippen molar-refractivity contribution in [3.8, 4) is 0 Å². The number of rotatable bonds is 6. The zero-order valence-corrected chi connectivity index (χ0v) is 13.9. The van der Waals surface area contributed by atoms with Gasteiger partial charge in [-0.25, -0.2) is 4.85 Å². The highest BCUT2D eigenvalue weighted by atomic mass is 35.5. The Morgan fingerprint density at radius 3 is 2.55 bits per heavy atom. The van der Waals surface area contributed by atoms with Crippen molar-refractivity contribution in [1.29, 1.82) is 0 Å². The van der Waals surface area contributed by atoms with E-state index in [1.54, 1.807) is 12.1 Å². The fraction of sp³-hybridized carbons (Fsp3) is 0.529. The number of hydrogen-bond acceptors (Lipinski definition) is 2. The number of β-lactam (4-membered cyclic amide) rings is 1. The van der Waals surface area contributed by atoms with Gasteiger partial charge in [-0.1, -0.05) is 38.1 Å². The van der Waals surface area contributed by atoms with Crippen molar-refractivity contribution in [2.24, 2.45) is 5.92 Å². The van der Waals surface area contributed by atoms with Crippen LogP contribution in [0.4, 0.5) is 5.69 Å². The van der Waals surface area contributed by atoms with Gasteiger partial charge < -0.3 is 9.64 Å². The number of ether oxygens (including phenoxy) is 1. The van der Waals surface area contributed by atoms with Gasteiger partial charge in [-0.05, 0) is 18.4 Å². The summed E-state index contributed by atoms with van der Waals surface area (Å²) in [5.41, 5.74) is 1.03. The topological polar surface area (TPSA) is 33.9 Å². The number of amides is 1. The van der Waals surface area contributed by atoms with Crippen molar-refractivity contribution in [3.63, 3.8) is 0 Å². The third-order valence-corrected chi connectivity index (χ3v) is 4.84. The number of likely N-dealkylation sites (tertiary alicyclic amines) is 1. The summed E-state index contributed by atoms with van der Waals surface area (Å²) in [6.45, 7) is 14.8. The lowest BCUT2D eigenvalue weighted by atomic mass is 9.69. The van der Waals surface area contributed by atoms with Crippen LogP contribution >= 0.6 is 11.6 Å². The zero-order valence-electron chi connectivity index (χ0n) is 13.2. The van der Waals surface area contributed by atoms with Crippen molar-refractivity contribution < 1.29 is 9.53 Å². The monoisotopic (exact) mass is 320 g/mol. The third-order valence-electron chi connectivity index (χ3n) is 4.32. The van der Waals surface area contributed by atoms with Crippen LogP contribution in [0.3, 0.4) is 0 Å². The van der Waals surface area contributed by atoms with Gasteiger partial charge in [-0.15, -0.1) is 11.6 Å². The van der Waals surface area contributed by atoms with E-state index in [1.165, 1.54) is 0 Å². The summed E-state index contributed by atoms with van der Waals surface area (Å²) >= 11 is 6.44. The van der Waals surface area contributed by atoms with Gasteiger partial charge in [0.1, 0.15) is 5.38 Å². The zero-order chi connectivity index (χ0) is 16.3. The number of benzene rings is 1. The molecule has 2 unspecified atom stereocenters. The predicted octanol–water partition coefficient (Wildman–Crippen LogP) is 3.57. The first-order valence-electron chi connectivity index (χ1n) is 7.51. The Hall–Kier alpha value is -1.57. The van der Waals surface area contributed by atoms with E-state index in [0.29, 0.717) is 25.4 Å². The standard InChI is InChI=1S/C17H21ClN2O2/c1-5-22-11-10-20-16(21)15(18)17(20,12(2)3)13-6-8-14(19-4)9-7-13/h6-9,12,15H,5,10-11H2,1-3H3. The second-order valence-corrected chi connectivity index (χ2v) is 6.12. The first-order valence-corrected chi connectivity index (χ1v) is 7.95. The number of nitrogens with zero attached hydrogens (tertiary/aromatic N) is 2. The summed E-state index contributed by atoms with van der Waals surface area (Å²) in [4.78, 5) is 17.5. The molecule has 118 valence electrons. The molecular weight excluding hydrogens is 300 g/mol. The van der Waals surface area contributed by atoms with Gasteiger partial charge >= 0.3 is 0 Å². The van der Waals surface area contributed by atoms with E-state index in [4.69, 9.17) is 22.9 Å². The molecule has 1 aliphatic heterocycles.